The summed E-state index contributed by atoms with van der Waals surface area (Å²) in [6.07, 6.45) is 11.7. The van der Waals surface area contributed by atoms with Crippen molar-refractivity contribution in [3.05, 3.63) is 244 Å². The van der Waals surface area contributed by atoms with Crippen LogP contribution in [-0.4, -0.2) is 0 Å². The van der Waals surface area contributed by atoms with Gasteiger partial charge < -0.3 is 4.90 Å². The van der Waals surface area contributed by atoms with E-state index < -0.39 is 5.41 Å². The molecule has 0 fully saturated rings. The highest BCUT2D eigenvalue weighted by Gasteiger charge is 2.46. The first-order valence-corrected chi connectivity index (χ1v) is 22.4. The van der Waals surface area contributed by atoms with E-state index in [-0.39, 0.29) is 5.41 Å². The molecule has 61 heavy (non-hydrogen) atoms. The maximum Gasteiger partial charge on any atom is 0.0713 e. The number of rotatable bonds is 9. The number of hydrogen-bond acceptors (Lipinski definition) is 1. The standard InChI is InChI=1S/C60H51N/c1-3-59(4-2)56-39-42(31-33-44-21-18-30-55-58(44)53-28-16-17-29-54(53)60(55,46-22-8-5-9-23-46)47-24-10-6-11-25-47)32-37-51(56)52-38-36-50(41-57(52)59)61(48-26-12-7-13-27-48)49-35-34-43-19-14-15-20-45(43)40-49/h5-13,16-18,21-41H,3-4,14-15,19-20H2,1-2H3. The molecule has 1 nitrogen and oxygen atoms in total. The van der Waals surface area contributed by atoms with Crippen LogP contribution in [0.2, 0.25) is 0 Å². The minimum Gasteiger partial charge on any atom is -0.310 e. The third kappa shape index (κ3) is 5.82. The average Bonchev–Trinajstić information content (AvgIpc) is 3.79. The molecular weight excluding hydrogens is 735 g/mol. The summed E-state index contributed by atoms with van der Waals surface area (Å²) in [7, 11) is 0. The molecule has 8 aromatic carbocycles. The lowest BCUT2D eigenvalue weighted by Gasteiger charge is -2.33. The Morgan fingerprint density at radius 2 is 1.03 bits per heavy atom. The van der Waals surface area contributed by atoms with Crippen molar-refractivity contribution in [3.63, 3.8) is 0 Å². The van der Waals surface area contributed by atoms with E-state index in [1.807, 2.05) is 0 Å². The van der Waals surface area contributed by atoms with Crippen LogP contribution < -0.4 is 4.90 Å². The van der Waals surface area contributed by atoms with Crippen molar-refractivity contribution < 1.29 is 0 Å². The molecule has 0 amide bonds. The molecule has 0 unspecified atom stereocenters. The Morgan fingerprint density at radius 1 is 0.443 bits per heavy atom. The summed E-state index contributed by atoms with van der Waals surface area (Å²) in [6.45, 7) is 4.76. The van der Waals surface area contributed by atoms with Crippen molar-refractivity contribution in [1.29, 1.82) is 0 Å². The molecule has 0 heterocycles. The van der Waals surface area contributed by atoms with Crippen LogP contribution in [0.25, 0.3) is 34.4 Å². The van der Waals surface area contributed by atoms with E-state index in [1.165, 1.54) is 121 Å². The smallest absolute Gasteiger partial charge is 0.0713 e. The van der Waals surface area contributed by atoms with Crippen molar-refractivity contribution >= 4 is 29.2 Å². The molecule has 296 valence electrons. The van der Waals surface area contributed by atoms with E-state index in [0.717, 1.165) is 12.8 Å². The largest absolute Gasteiger partial charge is 0.310 e. The number of para-hydroxylation sites is 1. The molecule has 0 atom stereocenters. The second-order valence-electron chi connectivity index (χ2n) is 17.3. The van der Waals surface area contributed by atoms with Crippen molar-refractivity contribution in [2.75, 3.05) is 4.90 Å². The number of benzene rings is 8. The minimum atomic E-state index is -0.408. The molecule has 0 aliphatic heterocycles. The first kappa shape index (κ1) is 37.3. The van der Waals surface area contributed by atoms with Crippen molar-refractivity contribution in [2.24, 2.45) is 0 Å². The molecule has 0 N–H and O–H groups in total. The summed E-state index contributed by atoms with van der Waals surface area (Å²) >= 11 is 0. The fourth-order valence-electron chi connectivity index (χ4n) is 11.5. The minimum absolute atomic E-state index is 0.0827. The van der Waals surface area contributed by atoms with E-state index in [1.54, 1.807) is 0 Å². The van der Waals surface area contributed by atoms with E-state index in [4.69, 9.17) is 0 Å². The Hall–Kier alpha value is -6.70. The zero-order valence-electron chi connectivity index (χ0n) is 35.2. The molecule has 0 radical (unpaired) electrons. The second-order valence-corrected chi connectivity index (χ2v) is 17.3. The zero-order chi connectivity index (χ0) is 41.0. The van der Waals surface area contributed by atoms with Crippen LogP contribution in [0, 0.1) is 0 Å². The SMILES string of the molecule is CCC1(CC)c2cc(C=Cc3cccc4c3-c3ccccc3C4(c3ccccc3)c3ccccc3)ccc2-c2ccc(N(c3ccccc3)c3ccc4c(c3)CCCC4)cc21. The maximum atomic E-state index is 2.51. The van der Waals surface area contributed by atoms with Crippen molar-refractivity contribution in [2.45, 2.75) is 63.2 Å². The molecule has 3 aliphatic carbocycles. The van der Waals surface area contributed by atoms with Crippen LogP contribution in [0.15, 0.2) is 188 Å². The molecule has 3 aliphatic rings. The Morgan fingerprint density at radius 3 is 1.75 bits per heavy atom. The molecule has 0 saturated heterocycles. The van der Waals surface area contributed by atoms with Gasteiger partial charge in [0.05, 0.1) is 5.41 Å². The van der Waals surface area contributed by atoms with Gasteiger partial charge in [-0.05, 0) is 153 Å². The summed E-state index contributed by atoms with van der Waals surface area (Å²) in [6, 6.07) is 70.7. The van der Waals surface area contributed by atoms with Gasteiger partial charge in [0, 0.05) is 22.5 Å². The highest BCUT2D eigenvalue weighted by atomic mass is 15.1. The molecule has 11 rings (SSSR count). The van der Waals surface area contributed by atoms with Crippen molar-refractivity contribution in [1.82, 2.24) is 0 Å². The summed E-state index contributed by atoms with van der Waals surface area (Å²) < 4.78 is 0. The monoisotopic (exact) mass is 785 g/mol. The fourth-order valence-corrected chi connectivity index (χ4v) is 11.5. The maximum absolute atomic E-state index is 2.51. The molecule has 0 aromatic heterocycles. The lowest BCUT2D eigenvalue weighted by atomic mass is 9.67. The van der Waals surface area contributed by atoms with Gasteiger partial charge in [0.15, 0.2) is 0 Å². The normalized spacial score (nSPS) is 15.1. The molecule has 8 aromatic rings. The summed E-state index contributed by atoms with van der Waals surface area (Å²) in [4.78, 5) is 2.48. The van der Waals surface area contributed by atoms with Gasteiger partial charge in [-0.3, -0.25) is 0 Å². The molecular formula is C60H51N. The lowest BCUT2D eigenvalue weighted by molar-refractivity contribution is 0.490. The summed E-state index contributed by atoms with van der Waals surface area (Å²) in [5, 5.41) is 0. The van der Waals surface area contributed by atoms with Gasteiger partial charge in [0.1, 0.15) is 0 Å². The van der Waals surface area contributed by atoms with Crippen molar-refractivity contribution in [3.8, 4) is 22.3 Å². The quantitative estimate of drug-likeness (QED) is 0.132. The molecule has 0 spiro atoms. The number of fused-ring (bicyclic) bond motifs is 7. The Labute approximate surface area is 361 Å². The highest BCUT2D eigenvalue weighted by Crippen LogP contribution is 2.58. The van der Waals surface area contributed by atoms with Crippen LogP contribution in [0.1, 0.15) is 95.2 Å². The summed E-state index contributed by atoms with van der Waals surface area (Å²) in [5.41, 5.74) is 22.2. The van der Waals surface area contributed by atoms with Crippen LogP contribution in [0.4, 0.5) is 17.1 Å². The van der Waals surface area contributed by atoms with E-state index in [0.29, 0.717) is 0 Å². The van der Waals surface area contributed by atoms with Crippen LogP contribution in [0.3, 0.4) is 0 Å². The average molecular weight is 786 g/mol. The number of aryl methyl sites for hydroxylation is 2. The molecule has 0 bridgehead atoms. The van der Waals surface area contributed by atoms with Gasteiger partial charge in [-0.2, -0.15) is 0 Å². The van der Waals surface area contributed by atoms with Crippen LogP contribution >= 0.6 is 0 Å². The number of nitrogens with zero attached hydrogens (tertiary/aromatic N) is 1. The van der Waals surface area contributed by atoms with Crippen LogP contribution in [0.5, 0.6) is 0 Å². The molecule has 0 saturated carbocycles. The number of anilines is 3. The topological polar surface area (TPSA) is 3.24 Å². The van der Waals surface area contributed by atoms with E-state index in [9.17, 15) is 0 Å². The Balaban J connectivity index is 1.000. The third-order valence-electron chi connectivity index (χ3n) is 14.4. The Bertz CT molecular complexity index is 2890. The predicted octanol–water partition coefficient (Wildman–Crippen LogP) is 15.7. The van der Waals surface area contributed by atoms with Gasteiger partial charge in [0.25, 0.3) is 0 Å². The van der Waals surface area contributed by atoms with Gasteiger partial charge in [-0.15, -0.1) is 0 Å². The lowest BCUT2D eigenvalue weighted by Crippen LogP contribution is -2.28. The highest BCUT2D eigenvalue weighted by molar-refractivity contribution is 5.93. The zero-order valence-corrected chi connectivity index (χ0v) is 35.2. The van der Waals surface area contributed by atoms with Gasteiger partial charge in [0.2, 0.25) is 0 Å². The van der Waals surface area contributed by atoms with Crippen LogP contribution in [-0.2, 0) is 23.7 Å². The van der Waals surface area contributed by atoms with Gasteiger partial charge in [-0.1, -0.05) is 178 Å². The molecule has 1 heteroatoms. The fraction of sp³-hybridized carbons (Fsp3) is 0.167. The first-order chi connectivity index (χ1) is 30.1. The van der Waals surface area contributed by atoms with Gasteiger partial charge >= 0.3 is 0 Å². The van der Waals surface area contributed by atoms with Gasteiger partial charge in [-0.25, -0.2) is 0 Å². The first-order valence-electron chi connectivity index (χ1n) is 22.4. The second kappa shape index (κ2) is 15.1. The predicted molar refractivity (Wildman–Crippen MR) is 257 cm³/mol. The summed E-state index contributed by atoms with van der Waals surface area (Å²) in [5.74, 6) is 0. The number of hydrogen-bond donors (Lipinski definition) is 0. The van der Waals surface area contributed by atoms with E-state index >= 15 is 0 Å². The van der Waals surface area contributed by atoms with E-state index in [2.05, 4.69) is 219 Å². The third-order valence-corrected chi connectivity index (χ3v) is 14.4. The Kier molecular flexibility index (Phi) is 9.23.